The first-order valence-corrected chi connectivity index (χ1v) is 8.45. The summed E-state index contributed by atoms with van der Waals surface area (Å²) in [7, 11) is 0. The maximum atomic E-state index is 12.7. The number of carbonyl (C=O) groups is 2. The second-order valence-corrected chi connectivity index (χ2v) is 7.25. The average molecular weight is 359 g/mol. The molecular formula is C20H23ClN2O2. The molecule has 5 heteroatoms. The Bertz CT molecular complexity index is 788. The molecule has 0 aliphatic rings. The van der Waals surface area contributed by atoms with E-state index in [9.17, 15) is 9.59 Å². The van der Waals surface area contributed by atoms with Crippen LogP contribution in [0.3, 0.4) is 0 Å². The van der Waals surface area contributed by atoms with Gasteiger partial charge in [0.2, 0.25) is 11.8 Å². The van der Waals surface area contributed by atoms with E-state index >= 15 is 0 Å². The molecule has 25 heavy (non-hydrogen) atoms. The van der Waals surface area contributed by atoms with E-state index in [2.05, 4.69) is 10.6 Å². The van der Waals surface area contributed by atoms with E-state index in [0.717, 1.165) is 16.7 Å². The Hall–Kier alpha value is -2.33. The Balaban J connectivity index is 2.16. The van der Waals surface area contributed by atoms with Gasteiger partial charge in [-0.2, -0.15) is 0 Å². The van der Waals surface area contributed by atoms with Crippen LogP contribution in [0.2, 0.25) is 5.02 Å². The van der Waals surface area contributed by atoms with Crippen molar-refractivity contribution in [2.75, 3.05) is 10.6 Å². The molecule has 132 valence electrons. The summed E-state index contributed by atoms with van der Waals surface area (Å²) in [5.41, 5.74) is 2.89. The quantitative estimate of drug-likeness (QED) is 0.766. The monoisotopic (exact) mass is 358 g/mol. The van der Waals surface area contributed by atoms with Crippen molar-refractivity contribution in [2.45, 2.75) is 34.6 Å². The summed E-state index contributed by atoms with van der Waals surface area (Å²) in [6.45, 7) is 8.94. The zero-order valence-electron chi connectivity index (χ0n) is 15.2. The van der Waals surface area contributed by atoms with Crippen LogP contribution in [-0.4, -0.2) is 11.8 Å². The van der Waals surface area contributed by atoms with E-state index in [4.69, 9.17) is 11.6 Å². The zero-order chi connectivity index (χ0) is 18.8. The van der Waals surface area contributed by atoms with Crippen LogP contribution >= 0.6 is 11.6 Å². The fourth-order valence-corrected chi connectivity index (χ4v) is 2.74. The standard InChI is InChI=1S/C20H23ClN2O2/c1-12-6-8-15(9-7-12)22-18(24)20(4,5)19(25)23-17-14(3)10-13(2)11-16(17)21/h6-11H,1-5H3,(H,22,24)(H,23,25). The molecule has 2 rings (SSSR count). The Morgan fingerprint density at radius 2 is 1.44 bits per heavy atom. The number of hydrogen-bond acceptors (Lipinski definition) is 2. The van der Waals surface area contributed by atoms with Crippen molar-refractivity contribution in [3.63, 3.8) is 0 Å². The first-order chi connectivity index (χ1) is 11.6. The molecule has 0 aromatic heterocycles. The third-order valence-corrected chi connectivity index (χ3v) is 4.41. The SMILES string of the molecule is Cc1ccc(NC(=O)C(C)(C)C(=O)Nc2c(C)cc(C)cc2Cl)cc1. The molecule has 0 radical (unpaired) electrons. The van der Waals surface area contributed by atoms with Gasteiger partial charge in [0.15, 0.2) is 0 Å². The predicted molar refractivity (Wildman–Crippen MR) is 103 cm³/mol. The molecule has 0 bridgehead atoms. The Morgan fingerprint density at radius 3 is 2.00 bits per heavy atom. The lowest BCUT2D eigenvalue weighted by molar-refractivity contribution is -0.135. The summed E-state index contributed by atoms with van der Waals surface area (Å²) < 4.78 is 0. The van der Waals surface area contributed by atoms with Gasteiger partial charge in [-0.15, -0.1) is 0 Å². The van der Waals surface area contributed by atoms with Gasteiger partial charge < -0.3 is 10.6 Å². The topological polar surface area (TPSA) is 58.2 Å². The smallest absolute Gasteiger partial charge is 0.239 e. The lowest BCUT2D eigenvalue weighted by Crippen LogP contribution is -2.41. The van der Waals surface area contributed by atoms with Crippen LogP contribution in [-0.2, 0) is 9.59 Å². The molecule has 2 aromatic carbocycles. The minimum atomic E-state index is -1.26. The third kappa shape index (κ3) is 4.40. The molecule has 0 aliphatic heterocycles. The minimum absolute atomic E-state index is 0.380. The summed E-state index contributed by atoms with van der Waals surface area (Å²) in [5.74, 6) is -0.791. The van der Waals surface area contributed by atoms with E-state index in [1.165, 1.54) is 0 Å². The Labute approximate surface area is 153 Å². The number of rotatable bonds is 4. The third-order valence-electron chi connectivity index (χ3n) is 4.12. The molecule has 0 spiro atoms. The highest BCUT2D eigenvalue weighted by Gasteiger charge is 2.36. The summed E-state index contributed by atoms with van der Waals surface area (Å²) in [5, 5.41) is 6.03. The van der Waals surface area contributed by atoms with Gasteiger partial charge in [0.25, 0.3) is 0 Å². The van der Waals surface area contributed by atoms with E-state index < -0.39 is 11.3 Å². The van der Waals surface area contributed by atoms with Gasteiger partial charge in [0.1, 0.15) is 5.41 Å². The van der Waals surface area contributed by atoms with Gasteiger partial charge >= 0.3 is 0 Å². The molecule has 0 fully saturated rings. The van der Waals surface area contributed by atoms with Crippen molar-refractivity contribution in [1.29, 1.82) is 0 Å². The maximum absolute atomic E-state index is 12.7. The van der Waals surface area contributed by atoms with Crippen LogP contribution in [0, 0.1) is 26.2 Å². The molecule has 0 saturated heterocycles. The number of hydrogen-bond donors (Lipinski definition) is 2. The van der Waals surface area contributed by atoms with Gasteiger partial charge in [-0.3, -0.25) is 9.59 Å². The molecule has 0 unspecified atom stereocenters. The summed E-state index contributed by atoms with van der Waals surface area (Å²) in [6, 6.07) is 11.1. The molecule has 2 N–H and O–H groups in total. The van der Waals surface area contributed by atoms with Crippen molar-refractivity contribution >= 4 is 34.8 Å². The maximum Gasteiger partial charge on any atom is 0.239 e. The normalized spacial score (nSPS) is 11.1. The van der Waals surface area contributed by atoms with Crippen molar-refractivity contribution < 1.29 is 9.59 Å². The first kappa shape index (κ1) is 19.0. The molecule has 4 nitrogen and oxygen atoms in total. The number of nitrogens with one attached hydrogen (secondary N) is 2. The molecule has 0 saturated carbocycles. The molecular weight excluding hydrogens is 336 g/mol. The highest BCUT2D eigenvalue weighted by molar-refractivity contribution is 6.34. The fourth-order valence-electron chi connectivity index (χ4n) is 2.37. The Kier molecular flexibility index (Phi) is 5.53. The van der Waals surface area contributed by atoms with E-state index in [-0.39, 0.29) is 5.91 Å². The van der Waals surface area contributed by atoms with Gasteiger partial charge in [-0.1, -0.05) is 35.4 Å². The lowest BCUT2D eigenvalue weighted by atomic mass is 9.90. The van der Waals surface area contributed by atoms with E-state index in [1.807, 2.05) is 51.1 Å². The number of benzene rings is 2. The second-order valence-electron chi connectivity index (χ2n) is 6.84. The van der Waals surface area contributed by atoms with Crippen LogP contribution in [0.4, 0.5) is 11.4 Å². The fraction of sp³-hybridized carbons (Fsp3) is 0.300. The van der Waals surface area contributed by atoms with Crippen LogP contribution in [0.5, 0.6) is 0 Å². The highest BCUT2D eigenvalue weighted by Crippen LogP contribution is 2.29. The van der Waals surface area contributed by atoms with Crippen LogP contribution < -0.4 is 10.6 Å². The molecule has 0 aliphatic carbocycles. The summed E-state index contributed by atoms with van der Waals surface area (Å²) >= 11 is 6.24. The minimum Gasteiger partial charge on any atom is -0.325 e. The van der Waals surface area contributed by atoms with Crippen LogP contribution in [0.15, 0.2) is 36.4 Å². The molecule has 0 heterocycles. The second kappa shape index (κ2) is 7.28. The number of halogens is 1. The molecule has 2 aromatic rings. The van der Waals surface area contributed by atoms with Crippen molar-refractivity contribution in [3.8, 4) is 0 Å². The molecule has 0 atom stereocenters. The average Bonchev–Trinajstić information content (AvgIpc) is 2.52. The predicted octanol–water partition coefficient (Wildman–Crippen LogP) is 4.87. The highest BCUT2D eigenvalue weighted by atomic mass is 35.5. The summed E-state index contributed by atoms with van der Waals surface area (Å²) in [4.78, 5) is 25.2. The van der Waals surface area contributed by atoms with Gasteiger partial charge in [0.05, 0.1) is 10.7 Å². The Morgan fingerprint density at radius 1 is 0.880 bits per heavy atom. The van der Waals surface area contributed by atoms with Crippen molar-refractivity contribution in [2.24, 2.45) is 5.41 Å². The van der Waals surface area contributed by atoms with Gasteiger partial charge in [-0.25, -0.2) is 0 Å². The van der Waals surface area contributed by atoms with E-state index in [0.29, 0.717) is 16.4 Å². The van der Waals surface area contributed by atoms with Gasteiger partial charge in [-0.05, 0) is 63.9 Å². The summed E-state index contributed by atoms with van der Waals surface area (Å²) in [6.07, 6.45) is 0. The van der Waals surface area contributed by atoms with Crippen LogP contribution in [0.1, 0.15) is 30.5 Å². The van der Waals surface area contributed by atoms with Crippen LogP contribution in [0.25, 0.3) is 0 Å². The van der Waals surface area contributed by atoms with Gasteiger partial charge in [0, 0.05) is 5.69 Å². The number of amides is 2. The number of aryl methyl sites for hydroxylation is 3. The van der Waals surface area contributed by atoms with Crippen molar-refractivity contribution in [3.05, 3.63) is 58.1 Å². The van der Waals surface area contributed by atoms with Crippen molar-refractivity contribution in [1.82, 2.24) is 0 Å². The number of carbonyl (C=O) groups excluding carboxylic acids is 2. The molecule has 2 amide bonds. The largest absolute Gasteiger partial charge is 0.325 e. The first-order valence-electron chi connectivity index (χ1n) is 8.07. The van der Waals surface area contributed by atoms with E-state index in [1.54, 1.807) is 19.9 Å². The zero-order valence-corrected chi connectivity index (χ0v) is 15.9. The number of anilines is 2. The lowest BCUT2D eigenvalue weighted by Gasteiger charge is -2.24.